The highest BCUT2D eigenvalue weighted by molar-refractivity contribution is 7.80. The van der Waals surface area contributed by atoms with Gasteiger partial charge >= 0.3 is 10.4 Å². The van der Waals surface area contributed by atoms with Crippen molar-refractivity contribution in [2.75, 3.05) is 0 Å². The molecule has 0 radical (unpaired) electrons. The van der Waals surface area contributed by atoms with Gasteiger partial charge in [0.05, 0.1) is 5.60 Å². The number of hydrogen-bond donors (Lipinski definition) is 1. The predicted octanol–water partition coefficient (Wildman–Crippen LogP) is 5.29. The molecule has 0 aliphatic heterocycles. The van der Waals surface area contributed by atoms with Crippen LogP contribution in [-0.2, 0) is 14.6 Å². The summed E-state index contributed by atoms with van der Waals surface area (Å²) in [6.07, 6.45) is 15.5. The molecule has 0 aromatic heterocycles. The van der Waals surface area contributed by atoms with Crippen molar-refractivity contribution in [3.05, 3.63) is 0 Å². The van der Waals surface area contributed by atoms with E-state index in [1.807, 2.05) is 6.92 Å². The van der Waals surface area contributed by atoms with Crippen LogP contribution in [0.2, 0.25) is 0 Å². The Labute approximate surface area is 137 Å². The van der Waals surface area contributed by atoms with Gasteiger partial charge in [0.15, 0.2) is 0 Å². The summed E-state index contributed by atoms with van der Waals surface area (Å²) >= 11 is 0. The maximum atomic E-state index is 10.9. The maximum Gasteiger partial charge on any atom is 0.397 e. The van der Waals surface area contributed by atoms with E-state index < -0.39 is 16.0 Å². The monoisotopic (exact) mass is 334 g/mol. The molecule has 1 rings (SSSR count). The van der Waals surface area contributed by atoms with Crippen LogP contribution < -0.4 is 0 Å². The van der Waals surface area contributed by atoms with Gasteiger partial charge < -0.3 is 0 Å². The second-order valence-electron chi connectivity index (χ2n) is 6.97. The van der Waals surface area contributed by atoms with Crippen LogP contribution in [0.25, 0.3) is 0 Å². The number of hydrogen-bond acceptors (Lipinski definition) is 3. The highest BCUT2D eigenvalue weighted by atomic mass is 32.3. The average Bonchev–Trinajstić information content (AvgIpc) is 3.03. The van der Waals surface area contributed by atoms with Crippen molar-refractivity contribution in [3.8, 4) is 0 Å². The van der Waals surface area contributed by atoms with Crippen molar-refractivity contribution < 1.29 is 17.2 Å². The first-order valence-electron chi connectivity index (χ1n) is 9.08. The van der Waals surface area contributed by atoms with Crippen LogP contribution in [0, 0.1) is 5.92 Å². The largest absolute Gasteiger partial charge is 0.397 e. The molecule has 1 saturated carbocycles. The molecule has 0 heterocycles. The molecule has 5 heteroatoms. The lowest BCUT2D eigenvalue weighted by Crippen LogP contribution is -2.21. The van der Waals surface area contributed by atoms with Crippen LogP contribution in [0.5, 0.6) is 0 Å². The summed E-state index contributed by atoms with van der Waals surface area (Å²) in [6, 6.07) is 0. The zero-order valence-corrected chi connectivity index (χ0v) is 15.2. The zero-order valence-electron chi connectivity index (χ0n) is 14.3. The maximum absolute atomic E-state index is 10.9. The third kappa shape index (κ3) is 8.49. The van der Waals surface area contributed by atoms with E-state index in [4.69, 9.17) is 8.74 Å². The third-order valence-electron chi connectivity index (χ3n) is 4.86. The van der Waals surface area contributed by atoms with Crippen molar-refractivity contribution in [2.45, 2.75) is 103 Å². The van der Waals surface area contributed by atoms with Crippen LogP contribution in [0.1, 0.15) is 97.3 Å². The molecule has 0 aromatic carbocycles. The molecule has 0 bridgehead atoms. The number of rotatable bonds is 14. The molecular weight excluding hydrogens is 300 g/mol. The van der Waals surface area contributed by atoms with Gasteiger partial charge in [0, 0.05) is 0 Å². The molecule has 132 valence electrons. The lowest BCUT2D eigenvalue weighted by Gasteiger charge is -2.14. The van der Waals surface area contributed by atoms with Crippen LogP contribution in [0.4, 0.5) is 0 Å². The summed E-state index contributed by atoms with van der Waals surface area (Å²) in [6.45, 7) is 4.22. The minimum atomic E-state index is -4.32. The van der Waals surface area contributed by atoms with E-state index in [9.17, 15) is 8.42 Å². The fraction of sp³-hybridized carbons (Fsp3) is 1.00. The summed E-state index contributed by atoms with van der Waals surface area (Å²) in [4.78, 5) is 0. The summed E-state index contributed by atoms with van der Waals surface area (Å²) in [5.41, 5.74) is -0.604. The van der Waals surface area contributed by atoms with Gasteiger partial charge in [-0.15, -0.1) is 0 Å². The van der Waals surface area contributed by atoms with Crippen molar-refractivity contribution in [3.63, 3.8) is 0 Å². The standard InChI is InChI=1S/C17H34O4S/c1-3-4-5-6-7-8-9-10-11-12-13-14-17(15-16(17)2)21-22(18,19)20/h16H,3-15H2,1-2H3,(H,18,19,20). The van der Waals surface area contributed by atoms with Crippen molar-refractivity contribution >= 4 is 10.4 Å². The summed E-state index contributed by atoms with van der Waals surface area (Å²) in [7, 11) is -4.32. The first-order chi connectivity index (χ1) is 10.4. The van der Waals surface area contributed by atoms with Crippen LogP contribution in [0.15, 0.2) is 0 Å². The fourth-order valence-electron chi connectivity index (χ4n) is 3.26. The molecule has 1 fully saturated rings. The lowest BCUT2D eigenvalue weighted by molar-refractivity contribution is 0.135. The topological polar surface area (TPSA) is 63.6 Å². The van der Waals surface area contributed by atoms with Gasteiger partial charge in [-0.05, 0) is 18.8 Å². The quantitative estimate of drug-likeness (QED) is 0.346. The van der Waals surface area contributed by atoms with E-state index in [-0.39, 0.29) is 5.92 Å². The minimum absolute atomic E-state index is 0.234. The van der Waals surface area contributed by atoms with Crippen molar-refractivity contribution in [1.29, 1.82) is 0 Å². The van der Waals surface area contributed by atoms with Gasteiger partial charge in [-0.25, -0.2) is 4.18 Å². The highest BCUT2D eigenvalue weighted by Gasteiger charge is 2.54. The Balaban J connectivity index is 1.95. The van der Waals surface area contributed by atoms with Gasteiger partial charge in [-0.2, -0.15) is 8.42 Å². The Morgan fingerprint density at radius 2 is 1.36 bits per heavy atom. The second-order valence-corrected chi connectivity index (χ2v) is 7.99. The molecule has 2 atom stereocenters. The summed E-state index contributed by atoms with van der Waals surface area (Å²) < 4.78 is 35.4. The van der Waals surface area contributed by atoms with Gasteiger partial charge in [-0.3, -0.25) is 4.55 Å². The second kappa shape index (κ2) is 9.89. The molecule has 0 aromatic rings. The zero-order chi connectivity index (χ0) is 16.5. The SMILES string of the molecule is CCCCCCCCCCCCCC1(OS(=O)(=O)O)CC1C. The van der Waals surface area contributed by atoms with Gasteiger partial charge in [0.25, 0.3) is 0 Å². The molecule has 0 saturated heterocycles. The summed E-state index contributed by atoms with van der Waals surface area (Å²) in [5, 5.41) is 0. The van der Waals surface area contributed by atoms with E-state index in [0.29, 0.717) is 0 Å². The molecule has 0 spiro atoms. The van der Waals surface area contributed by atoms with Crippen LogP contribution >= 0.6 is 0 Å². The van der Waals surface area contributed by atoms with E-state index in [0.717, 1.165) is 25.7 Å². The Hall–Kier alpha value is -0.130. The van der Waals surface area contributed by atoms with Gasteiger partial charge in [0.2, 0.25) is 0 Å². The summed E-state index contributed by atoms with van der Waals surface area (Å²) in [5.74, 6) is 0.234. The molecule has 1 N–H and O–H groups in total. The molecule has 1 aliphatic rings. The van der Waals surface area contributed by atoms with E-state index in [1.54, 1.807) is 0 Å². The molecular formula is C17H34O4S. The van der Waals surface area contributed by atoms with E-state index in [2.05, 4.69) is 6.92 Å². The van der Waals surface area contributed by atoms with Crippen molar-refractivity contribution in [2.24, 2.45) is 5.92 Å². The van der Waals surface area contributed by atoms with Gasteiger partial charge in [-0.1, -0.05) is 84.5 Å². The highest BCUT2D eigenvalue weighted by Crippen LogP contribution is 2.51. The Morgan fingerprint density at radius 1 is 0.955 bits per heavy atom. The Bertz CT molecular complexity index is 393. The Morgan fingerprint density at radius 3 is 1.73 bits per heavy atom. The molecule has 22 heavy (non-hydrogen) atoms. The molecule has 1 aliphatic carbocycles. The van der Waals surface area contributed by atoms with Crippen molar-refractivity contribution in [1.82, 2.24) is 0 Å². The smallest absolute Gasteiger partial charge is 0.264 e. The molecule has 2 unspecified atom stereocenters. The number of unbranched alkanes of at least 4 members (excludes halogenated alkanes) is 10. The van der Waals surface area contributed by atoms with Gasteiger partial charge in [0.1, 0.15) is 0 Å². The van der Waals surface area contributed by atoms with E-state index in [1.165, 1.54) is 57.8 Å². The normalized spacial score (nSPS) is 24.6. The van der Waals surface area contributed by atoms with Crippen LogP contribution in [0.3, 0.4) is 0 Å². The molecule has 4 nitrogen and oxygen atoms in total. The minimum Gasteiger partial charge on any atom is -0.264 e. The average molecular weight is 335 g/mol. The fourth-order valence-corrected chi connectivity index (χ4v) is 4.00. The Kier molecular flexibility index (Phi) is 8.95. The first kappa shape index (κ1) is 19.9. The predicted molar refractivity (Wildman–Crippen MR) is 90.2 cm³/mol. The first-order valence-corrected chi connectivity index (χ1v) is 10.4. The van der Waals surface area contributed by atoms with Crippen LogP contribution in [-0.4, -0.2) is 18.6 Å². The molecule has 0 amide bonds. The third-order valence-corrected chi connectivity index (χ3v) is 5.41. The lowest BCUT2D eigenvalue weighted by atomic mass is 10.0. The van der Waals surface area contributed by atoms with E-state index >= 15 is 0 Å².